The van der Waals surface area contributed by atoms with Gasteiger partial charge in [-0.1, -0.05) is 23.7 Å². The Morgan fingerprint density at radius 2 is 2.31 bits per heavy atom. The van der Waals surface area contributed by atoms with Crippen LogP contribution in [-0.2, 0) is 4.79 Å². The van der Waals surface area contributed by atoms with Crippen molar-refractivity contribution in [3.63, 3.8) is 0 Å². The van der Waals surface area contributed by atoms with Crippen molar-refractivity contribution in [2.45, 2.75) is 13.0 Å². The minimum absolute atomic E-state index is 0.215. The van der Waals surface area contributed by atoms with Crippen LogP contribution < -0.4 is 10.6 Å². The summed E-state index contributed by atoms with van der Waals surface area (Å²) in [5.74, 6) is 0.116. The summed E-state index contributed by atoms with van der Waals surface area (Å²) in [6, 6.07) is 7.31. The lowest BCUT2D eigenvalue weighted by Crippen LogP contribution is -2.36. The monoisotopic (exact) mass is 237 g/mol. The largest absolute Gasteiger partial charge is 0.361 e. The van der Waals surface area contributed by atoms with Gasteiger partial charge in [0.05, 0.1) is 17.3 Å². The van der Waals surface area contributed by atoms with Crippen molar-refractivity contribution in [2.24, 2.45) is 4.99 Å². The molecule has 0 aromatic heterocycles. The number of rotatable bonds is 2. The number of nitrogens with one attached hydrogen (secondary N) is 2. The van der Waals surface area contributed by atoms with E-state index in [1.807, 2.05) is 19.1 Å². The van der Waals surface area contributed by atoms with Crippen LogP contribution in [0, 0.1) is 0 Å². The van der Waals surface area contributed by atoms with E-state index in [1.165, 1.54) is 0 Å². The zero-order valence-corrected chi connectivity index (χ0v) is 9.58. The number of nitrogens with zero attached hydrogens (tertiary/aromatic N) is 1. The van der Waals surface area contributed by atoms with Crippen LogP contribution in [0.1, 0.15) is 6.92 Å². The molecule has 16 heavy (non-hydrogen) atoms. The Hall–Kier alpha value is -1.55. The summed E-state index contributed by atoms with van der Waals surface area (Å²) < 4.78 is 0. The highest BCUT2D eigenvalue weighted by atomic mass is 35.5. The number of halogens is 1. The van der Waals surface area contributed by atoms with Gasteiger partial charge in [-0.25, -0.2) is 0 Å². The predicted molar refractivity (Wildman–Crippen MR) is 65.0 cm³/mol. The number of amidine groups is 1. The van der Waals surface area contributed by atoms with Gasteiger partial charge in [-0.3, -0.25) is 9.79 Å². The van der Waals surface area contributed by atoms with Crippen LogP contribution in [0.2, 0.25) is 5.02 Å². The van der Waals surface area contributed by atoms with E-state index in [9.17, 15) is 4.79 Å². The number of aliphatic imine (C=N–C) groups is 1. The first-order chi connectivity index (χ1) is 7.66. The van der Waals surface area contributed by atoms with E-state index in [-0.39, 0.29) is 11.9 Å². The lowest BCUT2D eigenvalue weighted by Gasteiger charge is -2.08. The molecule has 0 aliphatic carbocycles. The maximum Gasteiger partial charge on any atom is 0.290 e. The number of amides is 1. The fourth-order valence-electron chi connectivity index (χ4n) is 1.43. The topological polar surface area (TPSA) is 53.5 Å². The highest BCUT2D eigenvalue weighted by Crippen LogP contribution is 2.20. The van der Waals surface area contributed by atoms with Crippen LogP contribution >= 0.6 is 11.6 Å². The van der Waals surface area contributed by atoms with Gasteiger partial charge in [0.15, 0.2) is 5.84 Å². The number of carbonyl (C=O) groups excluding carboxylic acids is 1. The number of hydrogen-bond donors (Lipinski definition) is 2. The molecule has 0 fully saturated rings. The molecular formula is C11H12ClN3O. The molecule has 1 aliphatic heterocycles. The molecule has 1 atom stereocenters. The van der Waals surface area contributed by atoms with Gasteiger partial charge in [-0.05, 0) is 19.1 Å². The molecular weight excluding hydrogens is 226 g/mol. The van der Waals surface area contributed by atoms with Gasteiger partial charge in [-0.2, -0.15) is 0 Å². The molecule has 1 heterocycles. The standard InChI is InChI=1S/C11H12ClN3O/c1-7-6-13-10(14-7)11(16)15-9-5-3-2-4-8(9)12/h2-5,7H,6H2,1H3,(H,13,14)(H,15,16). The molecule has 1 unspecified atom stereocenters. The number of hydrogen-bond acceptors (Lipinski definition) is 3. The highest BCUT2D eigenvalue weighted by molar-refractivity contribution is 6.43. The first-order valence-corrected chi connectivity index (χ1v) is 5.41. The molecule has 1 aliphatic rings. The Morgan fingerprint density at radius 3 is 2.94 bits per heavy atom. The molecule has 2 N–H and O–H groups in total. The Kier molecular flexibility index (Phi) is 3.10. The van der Waals surface area contributed by atoms with Gasteiger partial charge in [0.2, 0.25) is 0 Å². The van der Waals surface area contributed by atoms with Crippen LogP contribution in [0.25, 0.3) is 0 Å². The first kappa shape index (κ1) is 11.0. The number of benzene rings is 1. The molecule has 1 aromatic carbocycles. The zero-order chi connectivity index (χ0) is 11.5. The molecule has 5 heteroatoms. The second-order valence-corrected chi connectivity index (χ2v) is 4.08. The summed E-state index contributed by atoms with van der Waals surface area (Å²) in [7, 11) is 0. The molecule has 2 rings (SSSR count). The second kappa shape index (κ2) is 4.53. The van der Waals surface area contributed by atoms with Crippen LogP contribution in [0.4, 0.5) is 5.69 Å². The third kappa shape index (κ3) is 2.33. The molecule has 4 nitrogen and oxygen atoms in total. The van der Waals surface area contributed by atoms with Gasteiger partial charge in [-0.15, -0.1) is 0 Å². The molecule has 0 spiro atoms. The minimum atomic E-state index is -0.252. The fourth-order valence-corrected chi connectivity index (χ4v) is 1.62. The van der Waals surface area contributed by atoms with E-state index in [0.717, 1.165) is 0 Å². The van der Waals surface area contributed by atoms with Crippen molar-refractivity contribution in [1.29, 1.82) is 0 Å². The van der Waals surface area contributed by atoms with Crippen molar-refractivity contribution in [2.75, 3.05) is 11.9 Å². The minimum Gasteiger partial charge on any atom is -0.361 e. The van der Waals surface area contributed by atoms with E-state index in [4.69, 9.17) is 11.6 Å². The van der Waals surface area contributed by atoms with Crippen molar-refractivity contribution in [1.82, 2.24) is 5.32 Å². The van der Waals surface area contributed by atoms with Crippen molar-refractivity contribution in [3.8, 4) is 0 Å². The van der Waals surface area contributed by atoms with Gasteiger partial charge in [0.25, 0.3) is 5.91 Å². The summed E-state index contributed by atoms with van der Waals surface area (Å²) in [4.78, 5) is 15.8. The Labute approximate surface area is 98.7 Å². The average Bonchev–Trinajstić information content (AvgIpc) is 2.68. The lowest BCUT2D eigenvalue weighted by molar-refractivity contribution is -0.110. The molecule has 0 saturated heterocycles. The quantitative estimate of drug-likeness (QED) is 0.822. The average molecular weight is 238 g/mol. The van der Waals surface area contributed by atoms with Gasteiger partial charge < -0.3 is 10.6 Å². The maximum atomic E-state index is 11.7. The first-order valence-electron chi connectivity index (χ1n) is 5.03. The van der Waals surface area contributed by atoms with Gasteiger partial charge >= 0.3 is 0 Å². The van der Waals surface area contributed by atoms with E-state index < -0.39 is 0 Å². The fraction of sp³-hybridized carbons (Fsp3) is 0.273. The Morgan fingerprint density at radius 1 is 1.56 bits per heavy atom. The normalized spacial score (nSPS) is 18.9. The Balaban J connectivity index is 2.06. The van der Waals surface area contributed by atoms with E-state index in [1.54, 1.807) is 12.1 Å². The third-order valence-electron chi connectivity index (χ3n) is 2.24. The summed E-state index contributed by atoms with van der Waals surface area (Å²) in [5, 5.41) is 6.21. The van der Waals surface area contributed by atoms with Crippen LogP contribution in [0.3, 0.4) is 0 Å². The Bertz CT molecular complexity index is 445. The molecule has 1 aromatic rings. The van der Waals surface area contributed by atoms with Gasteiger partial charge in [0.1, 0.15) is 0 Å². The maximum absolute atomic E-state index is 11.7. The highest BCUT2D eigenvalue weighted by Gasteiger charge is 2.19. The third-order valence-corrected chi connectivity index (χ3v) is 2.57. The summed E-state index contributed by atoms with van der Waals surface area (Å²) in [5.41, 5.74) is 0.596. The van der Waals surface area contributed by atoms with Gasteiger partial charge in [0, 0.05) is 6.04 Å². The predicted octanol–water partition coefficient (Wildman–Crippen LogP) is 1.67. The summed E-state index contributed by atoms with van der Waals surface area (Å²) in [6.45, 7) is 2.60. The molecule has 1 amide bonds. The summed E-state index contributed by atoms with van der Waals surface area (Å²) in [6.07, 6.45) is 0. The van der Waals surface area contributed by atoms with Crippen LogP contribution in [0.15, 0.2) is 29.3 Å². The molecule has 84 valence electrons. The smallest absolute Gasteiger partial charge is 0.290 e. The van der Waals surface area contributed by atoms with E-state index in [0.29, 0.717) is 23.1 Å². The second-order valence-electron chi connectivity index (χ2n) is 3.67. The van der Waals surface area contributed by atoms with Crippen molar-refractivity contribution >= 4 is 29.0 Å². The molecule has 0 bridgehead atoms. The van der Waals surface area contributed by atoms with E-state index in [2.05, 4.69) is 15.6 Å². The molecule has 0 radical (unpaired) electrons. The van der Waals surface area contributed by atoms with Crippen molar-refractivity contribution < 1.29 is 4.79 Å². The zero-order valence-electron chi connectivity index (χ0n) is 8.83. The van der Waals surface area contributed by atoms with Crippen LogP contribution in [0.5, 0.6) is 0 Å². The summed E-state index contributed by atoms with van der Waals surface area (Å²) >= 11 is 5.93. The lowest BCUT2D eigenvalue weighted by atomic mass is 10.3. The van der Waals surface area contributed by atoms with E-state index >= 15 is 0 Å². The SMILES string of the molecule is CC1CN=C(C(=O)Nc2ccccc2Cl)N1. The van der Waals surface area contributed by atoms with Crippen LogP contribution in [-0.4, -0.2) is 24.3 Å². The molecule has 0 saturated carbocycles. The number of para-hydroxylation sites is 1. The number of anilines is 1. The number of carbonyl (C=O) groups is 1. The van der Waals surface area contributed by atoms with Crippen molar-refractivity contribution in [3.05, 3.63) is 29.3 Å².